The number of nitrogens with zero attached hydrogens (tertiary/aromatic N) is 1. The van der Waals surface area contributed by atoms with E-state index in [1.54, 1.807) is 10.3 Å². The van der Waals surface area contributed by atoms with Gasteiger partial charge in [0.25, 0.3) is 5.91 Å². The monoisotopic (exact) mass is 276 g/mol. The number of nitrogens with two attached hydrogens (primary N) is 1. The number of carbonyl (C=O) groups is 1. The van der Waals surface area contributed by atoms with Crippen molar-refractivity contribution >= 4 is 17.2 Å². The highest BCUT2D eigenvalue weighted by molar-refractivity contribution is 7.12. The predicted molar refractivity (Wildman–Crippen MR) is 64.0 cm³/mol. The van der Waals surface area contributed by atoms with Crippen LogP contribution in [0, 0.1) is 0 Å². The molecule has 1 aliphatic rings. The average molecular weight is 276 g/mol. The summed E-state index contributed by atoms with van der Waals surface area (Å²) in [7, 11) is 0. The van der Waals surface area contributed by atoms with Gasteiger partial charge in [0.05, 0.1) is 0 Å². The van der Waals surface area contributed by atoms with E-state index < -0.39 is 6.61 Å². The molecule has 1 saturated heterocycles. The molecule has 0 aliphatic carbocycles. The molecule has 1 amide bonds. The number of likely N-dealkylation sites (tertiary alicyclic amines) is 1. The molecule has 2 atom stereocenters. The van der Waals surface area contributed by atoms with Crippen LogP contribution in [0.1, 0.15) is 23.0 Å². The number of rotatable bonds is 3. The highest BCUT2D eigenvalue weighted by Crippen LogP contribution is 2.30. The molecule has 1 aliphatic heterocycles. The minimum atomic E-state index is -2.93. The van der Waals surface area contributed by atoms with Gasteiger partial charge in [0.2, 0.25) is 0 Å². The van der Waals surface area contributed by atoms with Gasteiger partial charge in [-0.1, -0.05) is 0 Å². The quantitative estimate of drug-likeness (QED) is 0.917. The number of carbonyl (C=O) groups excluding carboxylic acids is 1. The molecule has 0 saturated carbocycles. The number of hydrogen-bond donors (Lipinski definition) is 1. The molecule has 18 heavy (non-hydrogen) atoms. The van der Waals surface area contributed by atoms with E-state index in [2.05, 4.69) is 4.74 Å². The van der Waals surface area contributed by atoms with Crippen LogP contribution >= 0.6 is 11.3 Å². The van der Waals surface area contributed by atoms with Crippen molar-refractivity contribution < 1.29 is 18.3 Å². The number of ether oxygens (including phenoxy) is 1. The lowest BCUT2D eigenvalue weighted by Crippen LogP contribution is -2.40. The number of amides is 1. The summed E-state index contributed by atoms with van der Waals surface area (Å²) in [6.07, 6.45) is 0.726. The zero-order chi connectivity index (χ0) is 13.3. The molecule has 0 bridgehead atoms. The van der Waals surface area contributed by atoms with E-state index in [1.165, 1.54) is 6.07 Å². The van der Waals surface area contributed by atoms with E-state index in [0.29, 0.717) is 6.54 Å². The molecular weight excluding hydrogens is 262 g/mol. The van der Waals surface area contributed by atoms with Crippen LogP contribution in [0.15, 0.2) is 11.4 Å². The normalized spacial score (nSPS) is 23.7. The first-order valence-electron chi connectivity index (χ1n) is 5.59. The first kappa shape index (κ1) is 13.2. The number of halogens is 2. The smallest absolute Gasteiger partial charge is 0.387 e. The predicted octanol–water partition coefficient (Wildman–Crippen LogP) is 1.91. The molecule has 0 unspecified atom stereocenters. The molecular formula is C11H14F2N2O2S. The second-order valence-electron chi connectivity index (χ2n) is 4.18. The van der Waals surface area contributed by atoms with E-state index in [1.807, 2.05) is 6.92 Å². The van der Waals surface area contributed by atoms with Crippen LogP contribution in [-0.2, 0) is 0 Å². The Labute approximate surface area is 107 Å². The molecule has 7 heteroatoms. The third-order valence-corrected chi connectivity index (χ3v) is 4.00. The Morgan fingerprint density at radius 2 is 2.39 bits per heavy atom. The van der Waals surface area contributed by atoms with Gasteiger partial charge in [-0.25, -0.2) is 0 Å². The van der Waals surface area contributed by atoms with Gasteiger partial charge in [-0.15, -0.1) is 11.3 Å². The summed E-state index contributed by atoms with van der Waals surface area (Å²) < 4.78 is 28.7. The van der Waals surface area contributed by atoms with E-state index >= 15 is 0 Å². The Hall–Kier alpha value is -1.21. The standard InChI is InChI=1S/C11H14F2N2O2S/c1-6-7(14)2-4-15(6)10(16)9-8(3-5-18-9)17-11(12)13/h3,5-7,11H,2,4,14H2,1H3/t6-,7-/m0/s1. The second kappa shape index (κ2) is 5.19. The lowest BCUT2D eigenvalue weighted by Gasteiger charge is -2.23. The van der Waals surface area contributed by atoms with Crippen LogP contribution in [0.3, 0.4) is 0 Å². The summed E-state index contributed by atoms with van der Waals surface area (Å²) in [4.78, 5) is 14.0. The summed E-state index contributed by atoms with van der Waals surface area (Å²) >= 11 is 1.10. The SMILES string of the molecule is C[C@H]1[C@@H](N)CCN1C(=O)c1sccc1OC(F)F. The van der Waals surface area contributed by atoms with Crippen LogP contribution < -0.4 is 10.5 Å². The first-order chi connectivity index (χ1) is 8.50. The fourth-order valence-electron chi connectivity index (χ4n) is 2.02. The van der Waals surface area contributed by atoms with E-state index in [0.717, 1.165) is 17.8 Å². The van der Waals surface area contributed by atoms with Crippen LogP contribution in [0.25, 0.3) is 0 Å². The zero-order valence-electron chi connectivity index (χ0n) is 9.81. The molecule has 0 aromatic carbocycles. The summed E-state index contributed by atoms with van der Waals surface area (Å²) in [6, 6.07) is 1.23. The van der Waals surface area contributed by atoms with Crippen molar-refractivity contribution in [2.75, 3.05) is 6.54 Å². The fourth-order valence-corrected chi connectivity index (χ4v) is 2.80. The van der Waals surface area contributed by atoms with E-state index in [4.69, 9.17) is 5.73 Å². The van der Waals surface area contributed by atoms with Gasteiger partial charge >= 0.3 is 6.61 Å². The summed E-state index contributed by atoms with van der Waals surface area (Å²) in [5, 5.41) is 1.56. The number of alkyl halides is 2. The first-order valence-corrected chi connectivity index (χ1v) is 6.47. The van der Waals surface area contributed by atoms with Gasteiger partial charge in [0, 0.05) is 18.6 Å². The zero-order valence-corrected chi connectivity index (χ0v) is 10.6. The van der Waals surface area contributed by atoms with Crippen molar-refractivity contribution in [2.45, 2.75) is 32.0 Å². The molecule has 2 rings (SSSR count). The van der Waals surface area contributed by atoms with Gasteiger partial charge in [-0.05, 0) is 24.8 Å². The van der Waals surface area contributed by atoms with Gasteiger partial charge < -0.3 is 15.4 Å². The fraction of sp³-hybridized carbons (Fsp3) is 0.545. The molecule has 4 nitrogen and oxygen atoms in total. The van der Waals surface area contributed by atoms with Crippen LogP contribution in [0.2, 0.25) is 0 Å². The van der Waals surface area contributed by atoms with Gasteiger partial charge in [0.15, 0.2) is 0 Å². The topological polar surface area (TPSA) is 55.6 Å². The van der Waals surface area contributed by atoms with Crippen molar-refractivity contribution in [2.24, 2.45) is 5.73 Å². The number of hydrogen-bond acceptors (Lipinski definition) is 4. The average Bonchev–Trinajstić information content (AvgIpc) is 2.87. The molecule has 2 heterocycles. The largest absolute Gasteiger partial charge is 0.433 e. The van der Waals surface area contributed by atoms with Crippen LogP contribution in [0.4, 0.5) is 8.78 Å². The number of thiophene rings is 1. The summed E-state index contributed by atoms with van der Waals surface area (Å²) in [5.41, 5.74) is 5.84. The van der Waals surface area contributed by atoms with Crippen molar-refractivity contribution in [1.29, 1.82) is 0 Å². The molecule has 0 spiro atoms. The lowest BCUT2D eigenvalue weighted by molar-refractivity contribution is -0.0499. The maximum absolute atomic E-state index is 12.2. The Kier molecular flexibility index (Phi) is 3.82. The maximum Gasteiger partial charge on any atom is 0.387 e. The molecule has 100 valence electrons. The van der Waals surface area contributed by atoms with Crippen molar-refractivity contribution in [1.82, 2.24) is 4.90 Å². The van der Waals surface area contributed by atoms with Crippen molar-refractivity contribution in [3.8, 4) is 5.75 Å². The Morgan fingerprint density at radius 1 is 1.67 bits per heavy atom. The minimum Gasteiger partial charge on any atom is -0.433 e. The second-order valence-corrected chi connectivity index (χ2v) is 5.10. The third kappa shape index (κ3) is 2.46. The highest BCUT2D eigenvalue weighted by atomic mass is 32.1. The molecule has 1 aromatic rings. The summed E-state index contributed by atoms with van der Waals surface area (Å²) in [5.74, 6) is -0.353. The Balaban J connectivity index is 2.16. The lowest BCUT2D eigenvalue weighted by atomic mass is 10.2. The van der Waals surface area contributed by atoms with Gasteiger partial charge in [-0.2, -0.15) is 8.78 Å². The molecule has 2 N–H and O–H groups in total. The third-order valence-electron chi connectivity index (χ3n) is 3.11. The molecule has 0 radical (unpaired) electrons. The Bertz CT molecular complexity index is 438. The van der Waals surface area contributed by atoms with Crippen LogP contribution in [0.5, 0.6) is 5.75 Å². The maximum atomic E-state index is 12.2. The van der Waals surface area contributed by atoms with Crippen molar-refractivity contribution in [3.63, 3.8) is 0 Å². The van der Waals surface area contributed by atoms with Gasteiger partial charge in [0.1, 0.15) is 10.6 Å². The molecule has 1 fully saturated rings. The van der Waals surface area contributed by atoms with E-state index in [9.17, 15) is 13.6 Å². The minimum absolute atomic E-state index is 0.0617. The van der Waals surface area contributed by atoms with E-state index in [-0.39, 0.29) is 28.6 Å². The van der Waals surface area contributed by atoms with Crippen molar-refractivity contribution in [3.05, 3.63) is 16.3 Å². The highest BCUT2D eigenvalue weighted by Gasteiger charge is 2.33. The Morgan fingerprint density at radius 3 is 2.94 bits per heavy atom. The molecule has 1 aromatic heterocycles. The van der Waals surface area contributed by atoms with Crippen LogP contribution in [-0.4, -0.2) is 36.0 Å². The van der Waals surface area contributed by atoms with Gasteiger partial charge in [-0.3, -0.25) is 4.79 Å². The summed E-state index contributed by atoms with van der Waals surface area (Å²) in [6.45, 7) is -0.520.